The Labute approximate surface area is 132 Å². The molecule has 1 N–H and O–H groups in total. The maximum atomic E-state index is 14.3. The first-order chi connectivity index (χ1) is 10.7. The first-order valence-electron chi connectivity index (χ1n) is 7.29. The van der Waals surface area contributed by atoms with Gasteiger partial charge in [-0.05, 0) is 37.1 Å². The Balaban J connectivity index is 1.86. The molecule has 2 aromatic carbocycles. The van der Waals surface area contributed by atoms with Crippen molar-refractivity contribution >= 4 is 23.2 Å². The lowest BCUT2D eigenvalue weighted by atomic mass is 10.0. The molecule has 1 atom stereocenters. The van der Waals surface area contributed by atoms with Crippen molar-refractivity contribution in [3.05, 3.63) is 64.4 Å². The molecule has 22 heavy (non-hydrogen) atoms. The molecule has 0 aromatic heterocycles. The summed E-state index contributed by atoms with van der Waals surface area (Å²) < 4.78 is 14.3. The zero-order chi connectivity index (χ0) is 15.3. The molecule has 1 heterocycles. The van der Waals surface area contributed by atoms with E-state index < -0.39 is 12.0 Å². The number of fused-ring (bicyclic) bond motifs is 1. The smallest absolute Gasteiger partial charge is 0.258 e. The van der Waals surface area contributed by atoms with Crippen LogP contribution in [0.2, 0.25) is 5.02 Å². The molecule has 2 aliphatic rings. The summed E-state index contributed by atoms with van der Waals surface area (Å²) in [4.78, 5) is 14.6. The van der Waals surface area contributed by atoms with Crippen molar-refractivity contribution in [3.63, 3.8) is 0 Å². The van der Waals surface area contributed by atoms with Crippen LogP contribution in [0.3, 0.4) is 0 Å². The quantitative estimate of drug-likeness (QED) is 0.900. The molecule has 1 aliphatic heterocycles. The second kappa shape index (κ2) is 4.99. The van der Waals surface area contributed by atoms with Gasteiger partial charge in [0.25, 0.3) is 5.91 Å². The minimum Gasteiger partial charge on any atom is -0.361 e. The van der Waals surface area contributed by atoms with E-state index in [0.29, 0.717) is 21.8 Å². The third kappa shape index (κ3) is 2.06. The first-order valence-corrected chi connectivity index (χ1v) is 7.67. The van der Waals surface area contributed by atoms with Gasteiger partial charge in [0, 0.05) is 17.3 Å². The highest BCUT2D eigenvalue weighted by molar-refractivity contribution is 6.31. The van der Waals surface area contributed by atoms with E-state index in [1.165, 1.54) is 6.07 Å². The van der Waals surface area contributed by atoms with E-state index in [2.05, 4.69) is 5.32 Å². The van der Waals surface area contributed by atoms with E-state index in [0.717, 1.165) is 12.8 Å². The van der Waals surface area contributed by atoms with Crippen molar-refractivity contribution in [1.29, 1.82) is 0 Å². The normalized spacial score (nSPS) is 20.5. The summed E-state index contributed by atoms with van der Waals surface area (Å²) in [5.41, 5.74) is 1.67. The number of halogens is 2. The van der Waals surface area contributed by atoms with Crippen molar-refractivity contribution < 1.29 is 9.18 Å². The highest BCUT2D eigenvalue weighted by atomic mass is 35.5. The van der Waals surface area contributed by atoms with Crippen molar-refractivity contribution in [3.8, 4) is 0 Å². The van der Waals surface area contributed by atoms with Gasteiger partial charge >= 0.3 is 0 Å². The fraction of sp³-hybridized carbons (Fsp3) is 0.235. The van der Waals surface area contributed by atoms with E-state index in [4.69, 9.17) is 11.6 Å². The number of nitrogens with zero attached hydrogens (tertiary/aromatic N) is 1. The van der Waals surface area contributed by atoms with Crippen LogP contribution in [0, 0.1) is 5.82 Å². The molecule has 1 fully saturated rings. The number of amides is 1. The molecule has 5 heteroatoms. The van der Waals surface area contributed by atoms with Crippen LogP contribution in [0.4, 0.5) is 10.1 Å². The zero-order valence-electron chi connectivity index (χ0n) is 11.7. The molecule has 1 aliphatic carbocycles. The van der Waals surface area contributed by atoms with Crippen LogP contribution < -0.4 is 5.32 Å². The van der Waals surface area contributed by atoms with Gasteiger partial charge in [-0.15, -0.1) is 0 Å². The second-order valence-electron chi connectivity index (χ2n) is 5.67. The van der Waals surface area contributed by atoms with Crippen molar-refractivity contribution in [1.82, 2.24) is 4.90 Å². The minimum atomic E-state index is -0.566. The molecule has 0 bridgehead atoms. The molecule has 1 unspecified atom stereocenters. The van der Waals surface area contributed by atoms with E-state index in [1.54, 1.807) is 23.1 Å². The van der Waals surface area contributed by atoms with Crippen LogP contribution in [-0.2, 0) is 0 Å². The molecule has 0 saturated heterocycles. The Morgan fingerprint density at radius 1 is 1.14 bits per heavy atom. The highest BCUT2D eigenvalue weighted by Gasteiger charge is 2.43. The number of rotatable bonds is 2. The van der Waals surface area contributed by atoms with Crippen LogP contribution in [0.5, 0.6) is 0 Å². The number of anilines is 1. The summed E-state index contributed by atoms with van der Waals surface area (Å²) >= 11 is 6.21. The molecule has 4 rings (SSSR count). The molecule has 1 amide bonds. The molecule has 1 saturated carbocycles. The number of para-hydroxylation sites is 1. The fourth-order valence-electron chi connectivity index (χ4n) is 2.98. The van der Waals surface area contributed by atoms with E-state index in [-0.39, 0.29) is 11.9 Å². The lowest BCUT2D eigenvalue weighted by Crippen LogP contribution is -2.44. The van der Waals surface area contributed by atoms with Crippen molar-refractivity contribution in [2.45, 2.75) is 25.0 Å². The maximum absolute atomic E-state index is 14.3. The fourth-order valence-corrected chi connectivity index (χ4v) is 3.25. The van der Waals surface area contributed by atoms with Gasteiger partial charge in [-0.25, -0.2) is 4.39 Å². The van der Waals surface area contributed by atoms with Crippen LogP contribution >= 0.6 is 11.6 Å². The molecule has 3 nitrogen and oxygen atoms in total. The topological polar surface area (TPSA) is 32.3 Å². The van der Waals surface area contributed by atoms with Gasteiger partial charge < -0.3 is 10.2 Å². The molecule has 0 spiro atoms. The summed E-state index contributed by atoms with van der Waals surface area (Å²) in [6.45, 7) is 0. The number of hydrogen-bond donors (Lipinski definition) is 1. The molecular formula is C17H14ClFN2O. The van der Waals surface area contributed by atoms with Crippen LogP contribution in [0.25, 0.3) is 0 Å². The number of carbonyl (C=O) groups excluding carboxylic acids is 1. The third-order valence-corrected chi connectivity index (χ3v) is 4.51. The Morgan fingerprint density at radius 2 is 1.91 bits per heavy atom. The third-order valence-electron chi connectivity index (χ3n) is 4.18. The van der Waals surface area contributed by atoms with Crippen LogP contribution in [-0.4, -0.2) is 16.8 Å². The predicted molar refractivity (Wildman–Crippen MR) is 83.4 cm³/mol. The average Bonchev–Trinajstić information content (AvgIpc) is 3.32. The standard InChI is InChI=1S/C17H14ClFN2O/c18-12-5-3-6-13(19)15(12)16-20-14-7-2-1-4-11(14)17(22)21(16)10-8-9-10/h1-7,10,16,20H,8-9H2. The van der Waals surface area contributed by atoms with Gasteiger partial charge in [0.15, 0.2) is 0 Å². The van der Waals surface area contributed by atoms with E-state index >= 15 is 0 Å². The lowest BCUT2D eigenvalue weighted by Gasteiger charge is -2.38. The summed E-state index contributed by atoms with van der Waals surface area (Å²) in [7, 11) is 0. The van der Waals surface area contributed by atoms with Crippen molar-refractivity contribution in [2.24, 2.45) is 0 Å². The Bertz CT molecular complexity index is 740. The summed E-state index contributed by atoms with van der Waals surface area (Å²) in [6.07, 6.45) is 1.32. The van der Waals surface area contributed by atoms with Crippen LogP contribution in [0.1, 0.15) is 34.9 Å². The Kier molecular flexibility index (Phi) is 3.08. The predicted octanol–water partition coefficient (Wildman–Crippen LogP) is 4.21. The number of benzene rings is 2. The average molecular weight is 317 g/mol. The Morgan fingerprint density at radius 3 is 2.64 bits per heavy atom. The van der Waals surface area contributed by atoms with Gasteiger partial charge in [-0.1, -0.05) is 29.8 Å². The van der Waals surface area contributed by atoms with Crippen molar-refractivity contribution in [2.75, 3.05) is 5.32 Å². The summed E-state index contributed by atoms with van der Waals surface area (Å²) in [5.74, 6) is -0.469. The zero-order valence-corrected chi connectivity index (χ0v) is 12.5. The van der Waals surface area contributed by atoms with Gasteiger partial charge in [0.05, 0.1) is 10.6 Å². The van der Waals surface area contributed by atoms with Gasteiger partial charge in [0.1, 0.15) is 12.0 Å². The molecular weight excluding hydrogens is 303 g/mol. The van der Waals surface area contributed by atoms with Crippen LogP contribution in [0.15, 0.2) is 42.5 Å². The largest absolute Gasteiger partial charge is 0.361 e. The van der Waals surface area contributed by atoms with E-state index in [9.17, 15) is 9.18 Å². The number of nitrogens with one attached hydrogen (secondary N) is 1. The molecule has 112 valence electrons. The van der Waals surface area contributed by atoms with Gasteiger partial charge in [-0.2, -0.15) is 0 Å². The lowest BCUT2D eigenvalue weighted by molar-refractivity contribution is 0.0663. The highest BCUT2D eigenvalue weighted by Crippen LogP contribution is 2.42. The van der Waals surface area contributed by atoms with Gasteiger partial charge in [0.2, 0.25) is 0 Å². The number of carbonyl (C=O) groups is 1. The van der Waals surface area contributed by atoms with Gasteiger partial charge in [-0.3, -0.25) is 4.79 Å². The number of hydrogen-bond acceptors (Lipinski definition) is 2. The first kappa shape index (κ1) is 13.6. The maximum Gasteiger partial charge on any atom is 0.258 e. The summed E-state index contributed by atoms with van der Waals surface area (Å²) in [6, 6.07) is 12.1. The van der Waals surface area contributed by atoms with E-state index in [1.807, 2.05) is 18.2 Å². The second-order valence-corrected chi connectivity index (χ2v) is 6.08. The Hall–Kier alpha value is -2.07. The molecule has 0 radical (unpaired) electrons. The molecule has 2 aromatic rings. The monoisotopic (exact) mass is 316 g/mol. The minimum absolute atomic E-state index is 0.0684. The SMILES string of the molecule is O=C1c2ccccc2NC(c2c(F)cccc2Cl)N1C1CC1. The summed E-state index contributed by atoms with van der Waals surface area (Å²) in [5, 5.41) is 3.61.